The molecule has 6 heteroatoms. The molecule has 1 aliphatic rings. The first-order chi connectivity index (χ1) is 16.3. The number of likely N-dealkylation sites (tertiary alicyclic amines) is 1. The average Bonchev–Trinajstić information content (AvgIpc) is 2.84. The summed E-state index contributed by atoms with van der Waals surface area (Å²) in [7, 11) is 0. The van der Waals surface area contributed by atoms with Crippen LogP contribution in [0.25, 0.3) is 11.1 Å². The van der Waals surface area contributed by atoms with Gasteiger partial charge in [0.2, 0.25) is 5.91 Å². The van der Waals surface area contributed by atoms with Gasteiger partial charge >= 0.3 is 0 Å². The zero-order valence-corrected chi connectivity index (χ0v) is 19.1. The summed E-state index contributed by atoms with van der Waals surface area (Å²) in [5, 5.41) is 19.6. The van der Waals surface area contributed by atoms with Crippen molar-refractivity contribution in [3.63, 3.8) is 0 Å². The highest BCUT2D eigenvalue weighted by Gasteiger charge is 2.42. The lowest BCUT2D eigenvalue weighted by Crippen LogP contribution is -2.48. The van der Waals surface area contributed by atoms with Gasteiger partial charge in [-0.3, -0.25) is 4.79 Å². The van der Waals surface area contributed by atoms with Crippen molar-refractivity contribution in [2.45, 2.75) is 43.7 Å². The van der Waals surface area contributed by atoms with Gasteiger partial charge in [-0.25, -0.2) is 8.78 Å². The fourth-order valence-corrected chi connectivity index (χ4v) is 5.04. The molecule has 2 N–H and O–H groups in total. The van der Waals surface area contributed by atoms with E-state index < -0.39 is 23.2 Å². The van der Waals surface area contributed by atoms with Gasteiger partial charge in [-0.05, 0) is 48.6 Å². The maximum absolute atomic E-state index is 14.1. The highest BCUT2D eigenvalue weighted by Crippen LogP contribution is 2.42. The summed E-state index contributed by atoms with van der Waals surface area (Å²) in [6.07, 6.45) is 0.344. The highest BCUT2D eigenvalue weighted by molar-refractivity contribution is 5.79. The number of amides is 1. The SMILES string of the molecule is C[C@@H](c1ccc(-c2ccc(F)cc2F)cc1)N1CC[C@](C[C@@H](O)CO)(c2ccccc2)CC1=O. The number of aliphatic hydroxyl groups excluding tert-OH is 2. The van der Waals surface area contributed by atoms with Gasteiger partial charge in [-0.1, -0.05) is 54.6 Å². The first kappa shape index (κ1) is 24.0. The quantitative estimate of drug-likeness (QED) is 0.517. The monoisotopic (exact) mass is 465 g/mol. The summed E-state index contributed by atoms with van der Waals surface area (Å²) in [4.78, 5) is 15.2. The fraction of sp³-hybridized carbons (Fsp3) is 0.321. The van der Waals surface area contributed by atoms with Crippen molar-refractivity contribution in [3.05, 3.63) is 95.6 Å². The second-order valence-electron chi connectivity index (χ2n) is 9.12. The molecule has 4 rings (SSSR count). The lowest BCUT2D eigenvalue weighted by Gasteiger charge is -2.44. The number of carbonyl (C=O) groups excluding carboxylic acids is 1. The van der Waals surface area contributed by atoms with E-state index in [1.165, 1.54) is 12.1 Å². The van der Waals surface area contributed by atoms with Crippen molar-refractivity contribution in [2.75, 3.05) is 13.2 Å². The molecule has 1 saturated heterocycles. The Balaban J connectivity index is 1.53. The summed E-state index contributed by atoms with van der Waals surface area (Å²) in [5.74, 6) is -1.25. The minimum absolute atomic E-state index is 0.0126. The van der Waals surface area contributed by atoms with Gasteiger partial charge in [0.05, 0.1) is 18.8 Å². The van der Waals surface area contributed by atoms with Crippen LogP contribution in [0.2, 0.25) is 0 Å². The van der Waals surface area contributed by atoms with Crippen LogP contribution in [0.4, 0.5) is 8.78 Å². The van der Waals surface area contributed by atoms with E-state index in [2.05, 4.69) is 0 Å². The van der Waals surface area contributed by atoms with Crippen molar-refractivity contribution >= 4 is 5.91 Å². The molecule has 1 amide bonds. The summed E-state index contributed by atoms with van der Waals surface area (Å²) < 4.78 is 27.4. The smallest absolute Gasteiger partial charge is 0.223 e. The van der Waals surface area contributed by atoms with Crippen LogP contribution in [0.5, 0.6) is 0 Å². The van der Waals surface area contributed by atoms with Crippen LogP contribution < -0.4 is 0 Å². The van der Waals surface area contributed by atoms with Crippen LogP contribution in [-0.4, -0.2) is 40.3 Å². The standard InChI is InChI=1S/C28H29F2NO3/c1-19(20-7-9-21(10-8-20)25-12-11-23(29)15-26(25)30)31-14-13-28(17-27(31)34,16-24(33)18-32)22-5-3-2-4-6-22/h2-12,15,19,24,32-33H,13-14,16-18H2,1H3/t19-,24+,28+/m0/s1. The number of hydrogen-bond donors (Lipinski definition) is 2. The number of carbonyl (C=O) groups is 1. The second kappa shape index (κ2) is 10.0. The molecule has 0 aliphatic carbocycles. The van der Waals surface area contributed by atoms with Gasteiger partial charge in [0.15, 0.2) is 0 Å². The van der Waals surface area contributed by atoms with Crippen LogP contribution in [0.1, 0.15) is 43.4 Å². The van der Waals surface area contributed by atoms with Gasteiger partial charge in [0.25, 0.3) is 0 Å². The van der Waals surface area contributed by atoms with E-state index in [1.807, 2.05) is 54.3 Å². The van der Waals surface area contributed by atoms with Crippen molar-refractivity contribution in [3.8, 4) is 11.1 Å². The molecule has 3 aromatic rings. The van der Waals surface area contributed by atoms with Gasteiger partial charge < -0.3 is 15.1 Å². The Morgan fingerprint density at radius 2 is 1.74 bits per heavy atom. The van der Waals surface area contributed by atoms with Crippen molar-refractivity contribution in [2.24, 2.45) is 0 Å². The first-order valence-corrected chi connectivity index (χ1v) is 11.5. The number of nitrogens with zero attached hydrogens (tertiary/aromatic N) is 1. The molecule has 0 unspecified atom stereocenters. The molecule has 178 valence electrons. The topological polar surface area (TPSA) is 60.8 Å². The molecule has 0 aromatic heterocycles. The Morgan fingerprint density at radius 1 is 1.03 bits per heavy atom. The Labute approximate surface area is 198 Å². The van der Waals surface area contributed by atoms with Crippen LogP contribution in [-0.2, 0) is 10.2 Å². The van der Waals surface area contributed by atoms with Crippen molar-refractivity contribution in [1.29, 1.82) is 0 Å². The largest absolute Gasteiger partial charge is 0.394 e. The number of hydrogen-bond acceptors (Lipinski definition) is 3. The third-order valence-electron chi connectivity index (χ3n) is 6.97. The number of rotatable bonds is 7. The Hall–Kier alpha value is -3.09. The molecule has 0 spiro atoms. The summed E-state index contributed by atoms with van der Waals surface area (Å²) >= 11 is 0. The third-order valence-corrected chi connectivity index (χ3v) is 6.97. The number of piperidine rings is 1. The molecule has 1 heterocycles. The minimum Gasteiger partial charge on any atom is -0.394 e. The molecule has 0 bridgehead atoms. The van der Waals surface area contributed by atoms with E-state index in [0.29, 0.717) is 30.5 Å². The van der Waals surface area contributed by atoms with Crippen LogP contribution in [0.15, 0.2) is 72.8 Å². The predicted octanol–water partition coefficient (Wildman–Crippen LogP) is 5.00. The van der Waals surface area contributed by atoms with Crippen LogP contribution in [0, 0.1) is 11.6 Å². The molecular formula is C28H29F2NO3. The fourth-order valence-electron chi connectivity index (χ4n) is 5.04. The van der Waals surface area contributed by atoms with Crippen molar-refractivity contribution < 1.29 is 23.8 Å². The molecular weight excluding hydrogens is 436 g/mol. The highest BCUT2D eigenvalue weighted by atomic mass is 19.1. The maximum Gasteiger partial charge on any atom is 0.223 e. The zero-order chi connectivity index (χ0) is 24.3. The first-order valence-electron chi connectivity index (χ1n) is 11.5. The van der Waals surface area contributed by atoms with E-state index in [1.54, 1.807) is 12.1 Å². The molecule has 34 heavy (non-hydrogen) atoms. The van der Waals surface area contributed by atoms with Gasteiger partial charge in [-0.2, -0.15) is 0 Å². The summed E-state index contributed by atoms with van der Waals surface area (Å²) in [5.41, 5.74) is 2.35. The van der Waals surface area contributed by atoms with Crippen molar-refractivity contribution in [1.82, 2.24) is 4.90 Å². The summed E-state index contributed by atoms with van der Waals surface area (Å²) in [6, 6.07) is 20.3. The van der Waals surface area contributed by atoms with Gasteiger partial charge in [0.1, 0.15) is 11.6 Å². The summed E-state index contributed by atoms with van der Waals surface area (Å²) in [6.45, 7) is 2.13. The van der Waals surface area contributed by atoms with Crippen LogP contribution >= 0.6 is 0 Å². The normalized spacial score (nSPS) is 20.3. The molecule has 1 fully saturated rings. The lowest BCUT2D eigenvalue weighted by atomic mass is 9.68. The van der Waals surface area contributed by atoms with E-state index in [4.69, 9.17) is 0 Å². The average molecular weight is 466 g/mol. The Bertz CT molecular complexity index is 1140. The molecule has 3 aromatic carbocycles. The molecule has 3 atom stereocenters. The number of aliphatic hydroxyl groups is 2. The van der Waals surface area contributed by atoms with E-state index in [9.17, 15) is 23.8 Å². The maximum atomic E-state index is 14.1. The second-order valence-corrected chi connectivity index (χ2v) is 9.12. The van der Waals surface area contributed by atoms with E-state index >= 15 is 0 Å². The molecule has 4 nitrogen and oxygen atoms in total. The predicted molar refractivity (Wildman–Crippen MR) is 127 cm³/mol. The Morgan fingerprint density at radius 3 is 2.35 bits per heavy atom. The zero-order valence-electron chi connectivity index (χ0n) is 19.1. The Kier molecular flexibility index (Phi) is 7.10. The molecule has 1 aliphatic heterocycles. The molecule has 0 radical (unpaired) electrons. The third kappa shape index (κ3) is 4.88. The number of halogens is 2. The lowest BCUT2D eigenvalue weighted by molar-refractivity contribution is -0.139. The van der Waals surface area contributed by atoms with E-state index in [-0.39, 0.29) is 25.0 Å². The number of benzene rings is 3. The van der Waals surface area contributed by atoms with Gasteiger partial charge in [-0.15, -0.1) is 0 Å². The minimum atomic E-state index is -0.892. The van der Waals surface area contributed by atoms with Gasteiger partial charge in [0, 0.05) is 30.0 Å². The molecule has 0 saturated carbocycles. The van der Waals surface area contributed by atoms with Crippen LogP contribution in [0.3, 0.4) is 0 Å². The van der Waals surface area contributed by atoms with E-state index in [0.717, 1.165) is 17.2 Å².